The predicted molar refractivity (Wildman–Crippen MR) is 106 cm³/mol. The van der Waals surface area contributed by atoms with E-state index in [4.69, 9.17) is 9.97 Å². The highest BCUT2D eigenvalue weighted by atomic mass is 15.1. The monoisotopic (exact) mass is 347 g/mol. The van der Waals surface area contributed by atoms with Gasteiger partial charge in [0.05, 0.1) is 5.52 Å². The second-order valence-electron chi connectivity index (χ2n) is 6.89. The molecule has 1 aliphatic rings. The zero-order chi connectivity index (χ0) is 17.8. The number of likely N-dealkylation sites (tertiary alicyclic amines) is 1. The molecule has 0 bridgehead atoms. The lowest BCUT2D eigenvalue weighted by Gasteiger charge is -2.32. The highest BCUT2D eigenvalue weighted by Crippen LogP contribution is 2.26. The molecule has 0 unspecified atom stereocenters. The van der Waals surface area contributed by atoms with Gasteiger partial charge < -0.3 is 10.2 Å². The number of aromatic nitrogens is 3. The van der Waals surface area contributed by atoms with Crippen LogP contribution in [0.4, 0.5) is 5.82 Å². The number of para-hydroxylation sites is 1. The molecule has 1 fully saturated rings. The first kappa shape index (κ1) is 16.9. The summed E-state index contributed by atoms with van der Waals surface area (Å²) in [6.45, 7) is 5.76. The van der Waals surface area contributed by atoms with Crippen molar-refractivity contribution in [1.29, 1.82) is 0 Å². The third-order valence-corrected chi connectivity index (χ3v) is 4.97. The molecule has 0 saturated carbocycles. The van der Waals surface area contributed by atoms with Crippen LogP contribution in [0.15, 0.2) is 48.7 Å². The number of anilines is 1. The van der Waals surface area contributed by atoms with Crippen molar-refractivity contribution in [3.63, 3.8) is 0 Å². The summed E-state index contributed by atoms with van der Waals surface area (Å²) >= 11 is 0. The van der Waals surface area contributed by atoms with Crippen LogP contribution < -0.4 is 5.32 Å². The first-order valence-corrected chi connectivity index (χ1v) is 9.50. The van der Waals surface area contributed by atoms with E-state index in [-0.39, 0.29) is 0 Å². The Balaban J connectivity index is 1.62. The van der Waals surface area contributed by atoms with Crippen LogP contribution in [-0.4, -0.2) is 45.5 Å². The average Bonchev–Trinajstić information content (AvgIpc) is 2.70. The maximum atomic E-state index is 4.82. The van der Waals surface area contributed by atoms with Crippen molar-refractivity contribution in [2.45, 2.75) is 32.2 Å². The Morgan fingerprint density at radius 3 is 2.62 bits per heavy atom. The van der Waals surface area contributed by atoms with Crippen molar-refractivity contribution in [2.75, 3.05) is 25.0 Å². The summed E-state index contributed by atoms with van der Waals surface area (Å²) < 4.78 is 0. The fourth-order valence-corrected chi connectivity index (χ4v) is 3.61. The van der Waals surface area contributed by atoms with E-state index in [2.05, 4.69) is 28.2 Å². The smallest absolute Gasteiger partial charge is 0.180 e. The molecule has 26 heavy (non-hydrogen) atoms. The zero-order valence-electron chi connectivity index (χ0n) is 15.2. The van der Waals surface area contributed by atoms with Crippen LogP contribution in [0, 0.1) is 0 Å². The Kier molecular flexibility index (Phi) is 5.07. The Bertz CT molecular complexity index is 857. The largest absolute Gasteiger partial charge is 0.367 e. The van der Waals surface area contributed by atoms with Crippen molar-refractivity contribution in [2.24, 2.45) is 0 Å². The number of nitrogens with one attached hydrogen (secondary N) is 1. The number of hydrogen-bond acceptors (Lipinski definition) is 5. The van der Waals surface area contributed by atoms with Gasteiger partial charge in [-0.2, -0.15) is 0 Å². The zero-order valence-corrected chi connectivity index (χ0v) is 15.2. The first-order valence-electron chi connectivity index (χ1n) is 9.50. The number of nitrogens with zero attached hydrogens (tertiary/aromatic N) is 4. The fourth-order valence-electron chi connectivity index (χ4n) is 3.61. The summed E-state index contributed by atoms with van der Waals surface area (Å²) in [5.41, 5.74) is 1.76. The summed E-state index contributed by atoms with van der Waals surface area (Å²) in [5, 5.41) is 4.76. The molecule has 1 saturated heterocycles. The summed E-state index contributed by atoms with van der Waals surface area (Å²) in [5.74, 6) is 1.60. The molecule has 134 valence electrons. The van der Waals surface area contributed by atoms with Crippen molar-refractivity contribution in [3.8, 4) is 11.5 Å². The van der Waals surface area contributed by atoms with Gasteiger partial charge in [-0.05, 0) is 50.1 Å². The van der Waals surface area contributed by atoms with Crippen LogP contribution in [-0.2, 0) is 0 Å². The molecule has 0 atom stereocenters. The second kappa shape index (κ2) is 7.79. The van der Waals surface area contributed by atoms with Crippen LogP contribution in [0.2, 0.25) is 0 Å². The van der Waals surface area contributed by atoms with Crippen molar-refractivity contribution < 1.29 is 0 Å². The second-order valence-corrected chi connectivity index (χ2v) is 6.89. The van der Waals surface area contributed by atoms with E-state index in [9.17, 15) is 0 Å². The molecule has 2 aromatic heterocycles. The molecule has 5 nitrogen and oxygen atoms in total. The van der Waals surface area contributed by atoms with Crippen molar-refractivity contribution in [3.05, 3.63) is 48.7 Å². The van der Waals surface area contributed by atoms with Gasteiger partial charge in [0, 0.05) is 30.7 Å². The molecule has 1 aromatic carbocycles. The van der Waals surface area contributed by atoms with E-state index < -0.39 is 0 Å². The van der Waals surface area contributed by atoms with Gasteiger partial charge >= 0.3 is 0 Å². The van der Waals surface area contributed by atoms with E-state index in [1.54, 1.807) is 6.20 Å². The fraction of sp³-hybridized carbons (Fsp3) is 0.381. The van der Waals surface area contributed by atoms with Crippen LogP contribution in [0.5, 0.6) is 0 Å². The summed E-state index contributed by atoms with van der Waals surface area (Å²) in [6.07, 6.45) is 5.31. The number of pyridine rings is 1. The number of piperidine rings is 1. The van der Waals surface area contributed by atoms with Gasteiger partial charge in [-0.25, -0.2) is 9.97 Å². The van der Waals surface area contributed by atoms with Gasteiger partial charge in [0.1, 0.15) is 11.5 Å². The number of hydrogen-bond donors (Lipinski definition) is 1. The van der Waals surface area contributed by atoms with E-state index in [0.29, 0.717) is 11.9 Å². The summed E-state index contributed by atoms with van der Waals surface area (Å²) in [7, 11) is 0. The highest BCUT2D eigenvalue weighted by Gasteiger charge is 2.20. The van der Waals surface area contributed by atoms with E-state index >= 15 is 0 Å². The minimum atomic E-state index is 0.456. The Morgan fingerprint density at radius 1 is 1.04 bits per heavy atom. The lowest BCUT2D eigenvalue weighted by molar-refractivity contribution is 0.219. The molecule has 0 radical (unpaired) electrons. The Labute approximate surface area is 154 Å². The molecule has 0 aliphatic carbocycles. The minimum Gasteiger partial charge on any atom is -0.367 e. The van der Waals surface area contributed by atoms with Gasteiger partial charge in [-0.1, -0.05) is 25.1 Å². The highest BCUT2D eigenvalue weighted by molar-refractivity contribution is 5.90. The molecule has 1 aliphatic heterocycles. The summed E-state index contributed by atoms with van der Waals surface area (Å²) in [6, 6.07) is 14.5. The molecule has 3 heterocycles. The van der Waals surface area contributed by atoms with Crippen LogP contribution in [0.25, 0.3) is 22.4 Å². The number of benzene rings is 1. The van der Waals surface area contributed by atoms with Crippen LogP contribution in [0.3, 0.4) is 0 Å². The molecule has 4 rings (SSSR count). The van der Waals surface area contributed by atoms with Gasteiger partial charge in [0.25, 0.3) is 0 Å². The average molecular weight is 347 g/mol. The standard InChI is InChI=1S/C21H25N5/c1-2-13-26-14-10-16(11-15-26)23-20-17-7-3-4-8-18(17)24-21(25-20)19-9-5-6-12-22-19/h3-9,12,16H,2,10-11,13-15H2,1H3,(H,23,24,25). The molecule has 1 N–H and O–H groups in total. The van der Waals surface area contributed by atoms with Crippen molar-refractivity contribution >= 4 is 16.7 Å². The third kappa shape index (κ3) is 3.68. The predicted octanol–water partition coefficient (Wildman–Crippen LogP) is 3.98. The Hall–Kier alpha value is -2.53. The van der Waals surface area contributed by atoms with Gasteiger partial charge in [-0.15, -0.1) is 0 Å². The first-order chi connectivity index (χ1) is 12.8. The molecular weight excluding hydrogens is 322 g/mol. The van der Waals surface area contributed by atoms with Crippen LogP contribution in [0.1, 0.15) is 26.2 Å². The Morgan fingerprint density at radius 2 is 1.85 bits per heavy atom. The minimum absolute atomic E-state index is 0.456. The maximum absolute atomic E-state index is 4.82. The topological polar surface area (TPSA) is 53.9 Å². The normalized spacial score (nSPS) is 16.0. The molecular formula is C21H25N5. The SMILES string of the molecule is CCCN1CCC(Nc2nc(-c3ccccn3)nc3ccccc23)CC1. The number of fused-ring (bicyclic) bond motifs is 1. The lowest BCUT2D eigenvalue weighted by atomic mass is 10.0. The summed E-state index contributed by atoms with van der Waals surface area (Å²) in [4.78, 5) is 16.5. The molecule has 5 heteroatoms. The van der Waals surface area contributed by atoms with Gasteiger partial charge in [-0.3, -0.25) is 4.98 Å². The third-order valence-electron chi connectivity index (χ3n) is 4.97. The van der Waals surface area contributed by atoms with Gasteiger partial charge in [0.2, 0.25) is 0 Å². The number of rotatable bonds is 5. The van der Waals surface area contributed by atoms with E-state index in [1.165, 1.54) is 13.0 Å². The van der Waals surface area contributed by atoms with E-state index in [1.807, 2.05) is 36.4 Å². The van der Waals surface area contributed by atoms with Crippen LogP contribution >= 0.6 is 0 Å². The van der Waals surface area contributed by atoms with Crippen molar-refractivity contribution in [1.82, 2.24) is 19.9 Å². The lowest BCUT2D eigenvalue weighted by Crippen LogP contribution is -2.39. The quantitative estimate of drug-likeness (QED) is 0.757. The maximum Gasteiger partial charge on any atom is 0.180 e. The van der Waals surface area contributed by atoms with E-state index in [0.717, 1.165) is 48.3 Å². The molecule has 0 spiro atoms. The molecule has 3 aromatic rings. The molecule has 0 amide bonds. The van der Waals surface area contributed by atoms with Gasteiger partial charge in [0.15, 0.2) is 5.82 Å².